The predicted molar refractivity (Wildman–Crippen MR) is 53.4 cm³/mol. The lowest BCUT2D eigenvalue weighted by Gasteiger charge is -2.02. The van der Waals surface area contributed by atoms with Crippen LogP contribution in [0.15, 0.2) is 17.3 Å². The summed E-state index contributed by atoms with van der Waals surface area (Å²) in [6.07, 6.45) is 1.53. The Morgan fingerprint density at radius 2 is 2.43 bits per heavy atom. The minimum atomic E-state index is -0.442. The van der Waals surface area contributed by atoms with Crippen molar-refractivity contribution >= 4 is 17.4 Å². The van der Waals surface area contributed by atoms with Gasteiger partial charge < -0.3 is 5.11 Å². The van der Waals surface area contributed by atoms with E-state index in [4.69, 9.17) is 5.11 Å². The summed E-state index contributed by atoms with van der Waals surface area (Å²) in [4.78, 5) is 14.2. The van der Waals surface area contributed by atoms with Crippen LogP contribution in [0, 0.1) is 17.0 Å². The summed E-state index contributed by atoms with van der Waals surface area (Å²) < 4.78 is 0. The lowest BCUT2D eigenvalue weighted by molar-refractivity contribution is -0.388. The molecule has 0 aliphatic heterocycles. The zero-order valence-corrected chi connectivity index (χ0v) is 8.45. The predicted octanol–water partition coefficient (Wildman–Crippen LogP) is 1.38. The Kier molecular flexibility index (Phi) is 3.84. The highest BCUT2D eigenvalue weighted by Gasteiger charge is 2.18. The van der Waals surface area contributed by atoms with Crippen molar-refractivity contribution in [3.8, 4) is 0 Å². The fourth-order valence-electron chi connectivity index (χ4n) is 0.996. The highest BCUT2D eigenvalue weighted by atomic mass is 32.2. The minimum Gasteiger partial charge on any atom is -0.396 e. The number of aliphatic hydroxyl groups excluding tert-OH is 1. The van der Waals surface area contributed by atoms with E-state index in [1.54, 1.807) is 13.0 Å². The molecule has 1 aromatic heterocycles. The number of aliphatic hydroxyl groups is 1. The molecular weight excluding hydrogens is 204 g/mol. The van der Waals surface area contributed by atoms with Crippen molar-refractivity contribution in [1.29, 1.82) is 0 Å². The van der Waals surface area contributed by atoms with Gasteiger partial charge in [-0.3, -0.25) is 10.1 Å². The molecule has 1 aromatic rings. The molecule has 0 radical (unpaired) electrons. The molecule has 0 aliphatic rings. The fraction of sp³-hybridized carbons (Fsp3) is 0.375. The highest BCUT2D eigenvalue weighted by Crippen LogP contribution is 2.29. The van der Waals surface area contributed by atoms with Gasteiger partial charge in [-0.1, -0.05) is 11.8 Å². The maximum absolute atomic E-state index is 10.7. The summed E-state index contributed by atoms with van der Waals surface area (Å²) in [5, 5.41) is 19.7. The van der Waals surface area contributed by atoms with Gasteiger partial charge in [-0.2, -0.15) is 0 Å². The number of aryl methyl sites for hydroxylation is 1. The molecule has 0 atom stereocenters. The van der Waals surface area contributed by atoms with E-state index in [2.05, 4.69) is 4.98 Å². The lowest BCUT2D eigenvalue weighted by Crippen LogP contribution is -1.97. The van der Waals surface area contributed by atoms with Gasteiger partial charge in [0, 0.05) is 17.5 Å². The van der Waals surface area contributed by atoms with Gasteiger partial charge in [-0.25, -0.2) is 4.98 Å². The first-order valence-electron chi connectivity index (χ1n) is 4.00. The normalized spacial score (nSPS) is 10.1. The summed E-state index contributed by atoms with van der Waals surface area (Å²) in [7, 11) is 0. The van der Waals surface area contributed by atoms with E-state index >= 15 is 0 Å². The summed E-state index contributed by atoms with van der Waals surface area (Å²) >= 11 is 1.19. The quantitative estimate of drug-likeness (QED) is 0.465. The third kappa shape index (κ3) is 2.43. The van der Waals surface area contributed by atoms with Gasteiger partial charge in [0.25, 0.3) is 0 Å². The molecule has 0 saturated heterocycles. The van der Waals surface area contributed by atoms with Crippen molar-refractivity contribution in [3.63, 3.8) is 0 Å². The molecule has 1 heterocycles. The van der Waals surface area contributed by atoms with E-state index in [-0.39, 0.29) is 12.3 Å². The zero-order valence-electron chi connectivity index (χ0n) is 7.64. The van der Waals surface area contributed by atoms with Crippen LogP contribution in [0.1, 0.15) is 5.56 Å². The lowest BCUT2D eigenvalue weighted by atomic mass is 10.3. The largest absolute Gasteiger partial charge is 0.396 e. The van der Waals surface area contributed by atoms with Crippen LogP contribution in [0.4, 0.5) is 5.69 Å². The molecule has 0 amide bonds. The number of aromatic nitrogens is 1. The van der Waals surface area contributed by atoms with Gasteiger partial charge in [0.15, 0.2) is 5.03 Å². The van der Waals surface area contributed by atoms with Crippen LogP contribution in [-0.2, 0) is 0 Å². The highest BCUT2D eigenvalue weighted by molar-refractivity contribution is 7.99. The van der Waals surface area contributed by atoms with Crippen LogP contribution in [0.5, 0.6) is 0 Å². The first kappa shape index (κ1) is 10.9. The third-order valence-corrected chi connectivity index (χ3v) is 2.56. The molecule has 1 N–H and O–H groups in total. The van der Waals surface area contributed by atoms with Crippen molar-refractivity contribution in [2.75, 3.05) is 12.4 Å². The molecule has 0 aromatic carbocycles. The van der Waals surface area contributed by atoms with E-state index in [1.807, 2.05) is 0 Å². The van der Waals surface area contributed by atoms with Crippen LogP contribution in [0.2, 0.25) is 0 Å². The second-order valence-corrected chi connectivity index (χ2v) is 3.69. The maximum Gasteiger partial charge on any atom is 0.304 e. The van der Waals surface area contributed by atoms with E-state index in [1.165, 1.54) is 18.0 Å². The number of pyridine rings is 1. The molecule has 5 nitrogen and oxygen atoms in total. The Balaban J connectivity index is 3.02. The van der Waals surface area contributed by atoms with Gasteiger partial charge in [-0.05, 0) is 13.0 Å². The Hall–Kier alpha value is -1.14. The molecule has 0 bridgehead atoms. The number of nitro groups is 1. The Morgan fingerprint density at radius 1 is 1.71 bits per heavy atom. The molecule has 0 aliphatic carbocycles. The fourth-order valence-corrected chi connectivity index (χ4v) is 1.79. The molecule has 0 spiro atoms. The third-order valence-electron chi connectivity index (χ3n) is 1.61. The maximum atomic E-state index is 10.7. The van der Waals surface area contributed by atoms with Crippen LogP contribution >= 0.6 is 11.8 Å². The first-order valence-corrected chi connectivity index (χ1v) is 4.99. The van der Waals surface area contributed by atoms with Crippen molar-refractivity contribution in [3.05, 3.63) is 27.9 Å². The SMILES string of the molecule is Cc1ccnc(SCCO)c1[N+](=O)[O-]. The van der Waals surface area contributed by atoms with E-state index in [0.717, 1.165) is 0 Å². The summed E-state index contributed by atoms with van der Waals surface area (Å²) in [5.41, 5.74) is 0.622. The monoisotopic (exact) mass is 214 g/mol. The Bertz CT molecular complexity index is 343. The summed E-state index contributed by atoms with van der Waals surface area (Å²) in [6, 6.07) is 1.60. The van der Waals surface area contributed by atoms with Gasteiger partial charge in [0.05, 0.1) is 11.5 Å². The molecule has 14 heavy (non-hydrogen) atoms. The van der Waals surface area contributed by atoms with Crippen LogP contribution in [-0.4, -0.2) is 27.4 Å². The average Bonchev–Trinajstić information content (AvgIpc) is 2.14. The summed E-state index contributed by atoms with van der Waals surface area (Å²) in [5.74, 6) is 0.414. The van der Waals surface area contributed by atoms with Gasteiger partial charge in [0.1, 0.15) is 0 Å². The molecule has 1 rings (SSSR count). The van der Waals surface area contributed by atoms with Crippen LogP contribution in [0.3, 0.4) is 0 Å². The second-order valence-electron chi connectivity index (χ2n) is 2.61. The minimum absolute atomic E-state index is 0.0164. The van der Waals surface area contributed by atoms with E-state index in [9.17, 15) is 10.1 Å². The smallest absolute Gasteiger partial charge is 0.304 e. The number of hydrogen-bond donors (Lipinski definition) is 1. The summed E-state index contributed by atoms with van der Waals surface area (Å²) in [6.45, 7) is 1.65. The zero-order chi connectivity index (χ0) is 10.6. The van der Waals surface area contributed by atoms with Gasteiger partial charge >= 0.3 is 5.69 Å². The standard InChI is InChI=1S/C8H10N2O3S/c1-6-2-3-9-8(14-5-4-11)7(6)10(12)13/h2-3,11H,4-5H2,1H3. The van der Waals surface area contributed by atoms with Crippen LogP contribution < -0.4 is 0 Å². The van der Waals surface area contributed by atoms with Crippen molar-refractivity contribution in [2.24, 2.45) is 0 Å². The topological polar surface area (TPSA) is 76.3 Å². The molecule has 0 unspecified atom stereocenters. The molecule has 76 valence electrons. The average molecular weight is 214 g/mol. The number of thioether (sulfide) groups is 1. The molecular formula is C8H10N2O3S. The number of rotatable bonds is 4. The van der Waals surface area contributed by atoms with Gasteiger partial charge in [0.2, 0.25) is 0 Å². The second kappa shape index (κ2) is 4.92. The first-order chi connectivity index (χ1) is 6.66. The van der Waals surface area contributed by atoms with Crippen LogP contribution in [0.25, 0.3) is 0 Å². The van der Waals surface area contributed by atoms with Crippen molar-refractivity contribution in [1.82, 2.24) is 4.98 Å². The Labute approximate surface area is 85.3 Å². The number of hydrogen-bond acceptors (Lipinski definition) is 5. The number of nitrogens with zero attached hydrogens (tertiary/aromatic N) is 2. The van der Waals surface area contributed by atoms with E-state index < -0.39 is 4.92 Å². The van der Waals surface area contributed by atoms with Crippen molar-refractivity contribution in [2.45, 2.75) is 11.9 Å². The molecule has 0 fully saturated rings. The van der Waals surface area contributed by atoms with E-state index in [0.29, 0.717) is 16.3 Å². The molecule has 6 heteroatoms. The van der Waals surface area contributed by atoms with Crippen molar-refractivity contribution < 1.29 is 10.0 Å². The Morgan fingerprint density at radius 3 is 3.00 bits per heavy atom. The molecule has 0 saturated carbocycles. The van der Waals surface area contributed by atoms with Gasteiger partial charge in [-0.15, -0.1) is 0 Å².